The Hall–Kier alpha value is -0.540. The van der Waals surface area contributed by atoms with E-state index in [9.17, 15) is 4.79 Å². The summed E-state index contributed by atoms with van der Waals surface area (Å²) in [6.07, 6.45) is 1.84. The van der Waals surface area contributed by atoms with Gasteiger partial charge in [-0.1, -0.05) is 19.9 Å². The Balaban J connectivity index is 4.60. The van der Waals surface area contributed by atoms with Crippen molar-refractivity contribution < 1.29 is 9.53 Å². The average molecular weight is 234 g/mol. The number of halogens is 1. The van der Waals surface area contributed by atoms with E-state index >= 15 is 0 Å². The van der Waals surface area contributed by atoms with Gasteiger partial charge in [0.25, 0.3) is 0 Å². The van der Waals surface area contributed by atoms with E-state index in [1.54, 1.807) is 25.3 Å². The van der Waals surface area contributed by atoms with Crippen molar-refractivity contribution in [1.82, 2.24) is 4.42 Å². The number of carbonyl (C=O) groups excluding carboxylic acids is 1. The standard InChI is InChI=1S/C11H20ClNO2/c1-6-15-11(14)9(4)7-10(8(2)3)13(5)12/h7-8,10H,6H2,1-5H3/b9-7+. The maximum Gasteiger partial charge on any atom is 0.333 e. The fraction of sp³-hybridized carbons (Fsp3) is 0.727. The van der Waals surface area contributed by atoms with Crippen molar-refractivity contribution in [3.8, 4) is 0 Å². The van der Waals surface area contributed by atoms with Crippen LogP contribution in [0, 0.1) is 5.92 Å². The number of esters is 1. The van der Waals surface area contributed by atoms with E-state index in [0.29, 0.717) is 18.1 Å². The first-order chi connectivity index (χ1) is 6.90. The van der Waals surface area contributed by atoms with Crippen LogP contribution in [-0.4, -0.2) is 30.1 Å². The Kier molecular flexibility index (Phi) is 6.61. The van der Waals surface area contributed by atoms with Crippen molar-refractivity contribution >= 4 is 17.7 Å². The zero-order valence-corrected chi connectivity index (χ0v) is 10.8. The molecule has 0 aromatic rings. The molecule has 0 saturated carbocycles. The molecule has 15 heavy (non-hydrogen) atoms. The zero-order valence-electron chi connectivity index (χ0n) is 10.1. The van der Waals surface area contributed by atoms with Crippen LogP contribution in [0.3, 0.4) is 0 Å². The molecule has 4 heteroatoms. The predicted molar refractivity (Wildman–Crippen MR) is 62.6 cm³/mol. The number of nitrogens with zero attached hydrogens (tertiary/aromatic N) is 1. The van der Waals surface area contributed by atoms with E-state index in [0.717, 1.165) is 0 Å². The number of rotatable bonds is 5. The lowest BCUT2D eigenvalue weighted by molar-refractivity contribution is -0.138. The molecule has 88 valence electrons. The lowest BCUT2D eigenvalue weighted by Gasteiger charge is -2.22. The maximum absolute atomic E-state index is 11.4. The third kappa shape index (κ3) is 5.19. The van der Waals surface area contributed by atoms with Crippen LogP contribution < -0.4 is 0 Å². The topological polar surface area (TPSA) is 29.5 Å². The van der Waals surface area contributed by atoms with Crippen LogP contribution >= 0.6 is 11.8 Å². The van der Waals surface area contributed by atoms with Gasteiger partial charge in [-0.25, -0.2) is 9.21 Å². The summed E-state index contributed by atoms with van der Waals surface area (Å²) in [4.78, 5) is 11.4. The smallest absolute Gasteiger partial charge is 0.333 e. The number of hydrogen-bond acceptors (Lipinski definition) is 3. The van der Waals surface area contributed by atoms with Gasteiger partial charge < -0.3 is 4.74 Å². The molecular weight excluding hydrogens is 214 g/mol. The van der Waals surface area contributed by atoms with Crippen molar-refractivity contribution in [2.75, 3.05) is 13.7 Å². The lowest BCUT2D eigenvalue weighted by Crippen LogP contribution is -2.27. The molecule has 1 atom stereocenters. The van der Waals surface area contributed by atoms with Gasteiger partial charge in [0.15, 0.2) is 0 Å². The van der Waals surface area contributed by atoms with E-state index in [1.165, 1.54) is 0 Å². The fourth-order valence-corrected chi connectivity index (χ4v) is 1.56. The van der Waals surface area contributed by atoms with Gasteiger partial charge in [-0.3, -0.25) is 0 Å². The number of likely N-dealkylation sites (N-methyl/N-ethyl adjacent to an activating group) is 1. The van der Waals surface area contributed by atoms with Crippen molar-refractivity contribution in [2.24, 2.45) is 5.92 Å². The first-order valence-corrected chi connectivity index (χ1v) is 5.48. The van der Waals surface area contributed by atoms with E-state index < -0.39 is 0 Å². The zero-order chi connectivity index (χ0) is 12.0. The summed E-state index contributed by atoms with van der Waals surface area (Å²) >= 11 is 5.90. The van der Waals surface area contributed by atoms with E-state index in [2.05, 4.69) is 13.8 Å². The summed E-state index contributed by atoms with van der Waals surface area (Å²) in [6.45, 7) is 8.04. The van der Waals surface area contributed by atoms with Crippen molar-refractivity contribution in [2.45, 2.75) is 33.7 Å². The Labute approximate surface area is 97.1 Å². The number of carbonyl (C=O) groups is 1. The van der Waals surface area contributed by atoms with Gasteiger partial charge in [0.2, 0.25) is 0 Å². The highest BCUT2D eigenvalue weighted by atomic mass is 35.5. The molecule has 0 amide bonds. The Morgan fingerprint density at radius 1 is 1.53 bits per heavy atom. The summed E-state index contributed by atoms with van der Waals surface area (Å²) in [6, 6.07) is 0.0380. The number of hydrogen-bond donors (Lipinski definition) is 0. The molecule has 1 unspecified atom stereocenters. The van der Waals surface area contributed by atoms with Crippen molar-refractivity contribution in [3.05, 3.63) is 11.6 Å². The van der Waals surface area contributed by atoms with E-state index in [-0.39, 0.29) is 12.0 Å². The van der Waals surface area contributed by atoms with E-state index in [4.69, 9.17) is 16.5 Å². The van der Waals surface area contributed by atoms with Gasteiger partial charge in [0.05, 0.1) is 6.61 Å². The summed E-state index contributed by atoms with van der Waals surface area (Å²) in [5, 5.41) is 0. The second kappa shape index (κ2) is 6.85. The average Bonchev–Trinajstić information content (AvgIpc) is 2.12. The maximum atomic E-state index is 11.4. The fourth-order valence-electron chi connectivity index (χ4n) is 1.28. The molecule has 0 saturated heterocycles. The van der Waals surface area contributed by atoms with Crippen molar-refractivity contribution in [3.63, 3.8) is 0 Å². The molecule has 0 spiro atoms. The third-order valence-corrected chi connectivity index (χ3v) is 2.34. The van der Waals surface area contributed by atoms with Crippen LogP contribution in [0.4, 0.5) is 0 Å². The molecule has 0 aliphatic rings. The van der Waals surface area contributed by atoms with Gasteiger partial charge in [-0.2, -0.15) is 0 Å². The predicted octanol–water partition coefficient (Wildman–Crippen LogP) is 2.61. The first kappa shape index (κ1) is 14.5. The SMILES string of the molecule is CCOC(=O)/C(C)=C/C(C(C)C)N(C)Cl. The molecule has 0 radical (unpaired) electrons. The molecule has 0 fully saturated rings. The Morgan fingerprint density at radius 2 is 2.07 bits per heavy atom. The molecule has 0 aliphatic heterocycles. The summed E-state index contributed by atoms with van der Waals surface area (Å²) in [5.41, 5.74) is 0.600. The molecule has 0 N–H and O–H groups in total. The lowest BCUT2D eigenvalue weighted by atomic mass is 10.0. The summed E-state index contributed by atoms with van der Waals surface area (Å²) in [7, 11) is 1.78. The molecular formula is C11H20ClNO2. The first-order valence-electron chi connectivity index (χ1n) is 5.14. The second-order valence-corrected chi connectivity index (χ2v) is 4.36. The van der Waals surface area contributed by atoms with Gasteiger partial charge in [-0.05, 0) is 31.5 Å². The van der Waals surface area contributed by atoms with Gasteiger partial charge in [-0.15, -0.1) is 0 Å². The Morgan fingerprint density at radius 3 is 2.40 bits per heavy atom. The number of ether oxygens (including phenoxy) is 1. The second-order valence-electron chi connectivity index (χ2n) is 3.83. The normalized spacial score (nSPS) is 14.5. The van der Waals surface area contributed by atoms with Crippen LogP contribution in [0.15, 0.2) is 11.6 Å². The molecule has 0 aromatic heterocycles. The molecule has 3 nitrogen and oxygen atoms in total. The minimum absolute atomic E-state index is 0.0380. The Bertz CT molecular complexity index is 229. The van der Waals surface area contributed by atoms with Gasteiger partial charge in [0, 0.05) is 18.7 Å². The van der Waals surface area contributed by atoms with Crippen LogP contribution in [0.2, 0.25) is 0 Å². The van der Waals surface area contributed by atoms with Crippen LogP contribution in [0.5, 0.6) is 0 Å². The summed E-state index contributed by atoms with van der Waals surface area (Å²) in [5.74, 6) is 0.0681. The minimum Gasteiger partial charge on any atom is -0.463 e. The molecule has 0 rings (SSSR count). The van der Waals surface area contributed by atoms with Gasteiger partial charge >= 0.3 is 5.97 Å². The molecule has 0 heterocycles. The van der Waals surface area contributed by atoms with Crippen LogP contribution in [0.1, 0.15) is 27.7 Å². The summed E-state index contributed by atoms with van der Waals surface area (Å²) < 4.78 is 6.47. The monoisotopic (exact) mass is 233 g/mol. The van der Waals surface area contributed by atoms with Crippen LogP contribution in [0.25, 0.3) is 0 Å². The highest BCUT2D eigenvalue weighted by Crippen LogP contribution is 2.15. The molecule has 0 aliphatic carbocycles. The van der Waals surface area contributed by atoms with E-state index in [1.807, 2.05) is 6.08 Å². The highest BCUT2D eigenvalue weighted by molar-refractivity contribution is 6.13. The minimum atomic E-state index is -0.276. The molecule has 0 aromatic carbocycles. The quantitative estimate of drug-likeness (QED) is 0.415. The van der Waals surface area contributed by atoms with Crippen LogP contribution in [-0.2, 0) is 9.53 Å². The van der Waals surface area contributed by atoms with Crippen molar-refractivity contribution in [1.29, 1.82) is 0 Å². The third-order valence-electron chi connectivity index (χ3n) is 2.11. The van der Waals surface area contributed by atoms with Gasteiger partial charge in [0.1, 0.15) is 0 Å². The molecule has 0 bridgehead atoms. The highest BCUT2D eigenvalue weighted by Gasteiger charge is 2.16. The largest absolute Gasteiger partial charge is 0.463 e.